The molecule has 1 aliphatic heterocycles. The lowest BCUT2D eigenvalue weighted by Crippen LogP contribution is -2.36. The minimum absolute atomic E-state index is 0.191. The van der Waals surface area contributed by atoms with Gasteiger partial charge in [0, 0.05) is 31.0 Å². The molecule has 6 N–H and O–H groups in total. The number of thiazole rings is 1. The number of sulfonamides is 1. The SMILES string of the molecule is COc1c(NC(=O)c2ccc(C)c(N(N)/C=C(\N)c3cnc(N4CCOCC4)s3)c2)cc(C(C)(C)C)cc1NS(C)(=O)=O. The molecule has 3 aromatic rings. The summed E-state index contributed by atoms with van der Waals surface area (Å²) in [5.74, 6) is 6.17. The van der Waals surface area contributed by atoms with Gasteiger partial charge in [0.15, 0.2) is 10.9 Å². The minimum atomic E-state index is -3.61. The minimum Gasteiger partial charge on any atom is -0.492 e. The molecule has 232 valence electrons. The van der Waals surface area contributed by atoms with Crippen LogP contribution in [0.2, 0.25) is 0 Å². The lowest BCUT2D eigenvalue weighted by atomic mass is 9.86. The number of nitrogens with zero attached hydrogens (tertiary/aromatic N) is 3. The highest BCUT2D eigenvalue weighted by molar-refractivity contribution is 7.92. The Morgan fingerprint density at radius 3 is 2.49 bits per heavy atom. The zero-order valence-electron chi connectivity index (χ0n) is 25.2. The molecule has 14 heteroatoms. The highest BCUT2D eigenvalue weighted by atomic mass is 32.2. The zero-order chi connectivity index (χ0) is 31.5. The average Bonchev–Trinajstić information content (AvgIpc) is 3.43. The smallest absolute Gasteiger partial charge is 0.255 e. The first-order chi connectivity index (χ1) is 20.2. The number of ether oxygens (including phenoxy) is 2. The molecule has 0 atom stereocenters. The number of benzene rings is 2. The first-order valence-corrected chi connectivity index (χ1v) is 16.3. The van der Waals surface area contributed by atoms with Crippen LogP contribution in [-0.4, -0.2) is 59.0 Å². The number of carbonyl (C=O) groups excluding carboxylic acids is 1. The van der Waals surface area contributed by atoms with Gasteiger partial charge in [0.25, 0.3) is 5.91 Å². The maximum absolute atomic E-state index is 13.5. The molecule has 0 aliphatic carbocycles. The summed E-state index contributed by atoms with van der Waals surface area (Å²) in [4.78, 5) is 20.9. The maximum atomic E-state index is 13.5. The third-order valence-electron chi connectivity index (χ3n) is 6.79. The van der Waals surface area contributed by atoms with Crippen LogP contribution in [0.15, 0.2) is 42.7 Å². The second-order valence-corrected chi connectivity index (χ2v) is 14.0. The van der Waals surface area contributed by atoms with Crippen LogP contribution in [0.3, 0.4) is 0 Å². The number of morpholine rings is 1. The van der Waals surface area contributed by atoms with E-state index in [1.54, 1.807) is 42.7 Å². The summed E-state index contributed by atoms with van der Waals surface area (Å²) in [7, 11) is -2.20. The summed E-state index contributed by atoms with van der Waals surface area (Å²) in [5, 5.41) is 5.13. The van der Waals surface area contributed by atoms with Crippen molar-refractivity contribution in [3.63, 3.8) is 0 Å². The predicted octanol–water partition coefficient (Wildman–Crippen LogP) is 3.86. The first-order valence-electron chi connectivity index (χ1n) is 13.6. The summed E-state index contributed by atoms with van der Waals surface area (Å²) >= 11 is 1.47. The van der Waals surface area contributed by atoms with Gasteiger partial charge in [-0.25, -0.2) is 19.2 Å². The summed E-state index contributed by atoms with van der Waals surface area (Å²) in [5.41, 5.74) is 9.56. The Morgan fingerprint density at radius 1 is 1.19 bits per heavy atom. The van der Waals surface area contributed by atoms with Crippen LogP contribution >= 0.6 is 11.3 Å². The summed E-state index contributed by atoms with van der Waals surface area (Å²) in [6.45, 7) is 10.7. The van der Waals surface area contributed by atoms with Crippen LogP contribution in [0.1, 0.15) is 47.1 Å². The molecule has 4 rings (SSSR count). The fraction of sp³-hybridized carbons (Fsp3) is 0.379. The van der Waals surface area contributed by atoms with E-state index in [1.807, 2.05) is 27.7 Å². The number of carbonyl (C=O) groups is 1. The molecule has 0 bridgehead atoms. The van der Waals surface area contributed by atoms with Gasteiger partial charge in [0.05, 0.1) is 54.2 Å². The van der Waals surface area contributed by atoms with Crippen molar-refractivity contribution in [1.29, 1.82) is 0 Å². The number of anilines is 4. The Morgan fingerprint density at radius 2 is 1.86 bits per heavy atom. The number of nitrogens with one attached hydrogen (secondary N) is 2. The molecule has 1 amide bonds. The Hall–Kier alpha value is -3.85. The van der Waals surface area contributed by atoms with Gasteiger partial charge in [-0.05, 0) is 47.7 Å². The lowest BCUT2D eigenvalue weighted by molar-refractivity contribution is 0.102. The van der Waals surface area contributed by atoms with Crippen LogP contribution in [0.25, 0.3) is 5.70 Å². The molecule has 12 nitrogen and oxygen atoms in total. The van der Waals surface area contributed by atoms with E-state index in [2.05, 4.69) is 19.9 Å². The van der Waals surface area contributed by atoms with Crippen LogP contribution in [0, 0.1) is 6.92 Å². The van der Waals surface area contributed by atoms with E-state index in [9.17, 15) is 13.2 Å². The van der Waals surface area contributed by atoms with Crippen molar-refractivity contribution in [2.75, 3.05) is 59.6 Å². The molecule has 1 aromatic heterocycles. The van der Waals surface area contributed by atoms with E-state index < -0.39 is 15.9 Å². The fourth-order valence-electron chi connectivity index (χ4n) is 4.46. The van der Waals surface area contributed by atoms with Crippen LogP contribution in [0.5, 0.6) is 5.75 Å². The molecule has 1 aliphatic rings. The molecule has 0 spiro atoms. The molecule has 1 fully saturated rings. The van der Waals surface area contributed by atoms with Crippen LogP contribution < -0.4 is 36.3 Å². The van der Waals surface area contributed by atoms with E-state index in [1.165, 1.54) is 23.5 Å². The monoisotopic (exact) mass is 629 g/mol. The molecule has 1 saturated heterocycles. The number of hydrogen-bond donors (Lipinski definition) is 4. The number of amides is 1. The number of rotatable bonds is 9. The fourth-order valence-corrected chi connectivity index (χ4v) is 5.90. The summed E-state index contributed by atoms with van der Waals surface area (Å²) in [6, 6.07) is 8.61. The number of methoxy groups -OCH3 is 1. The second-order valence-electron chi connectivity index (χ2n) is 11.3. The Bertz CT molecular complexity index is 1620. The third-order valence-corrected chi connectivity index (χ3v) is 8.49. The van der Waals surface area contributed by atoms with Crippen molar-refractivity contribution in [3.05, 3.63) is 64.3 Å². The number of hydrogen-bond acceptors (Lipinski definition) is 11. The van der Waals surface area contributed by atoms with E-state index in [0.717, 1.165) is 40.5 Å². The van der Waals surface area contributed by atoms with E-state index in [0.29, 0.717) is 35.8 Å². The van der Waals surface area contributed by atoms with Gasteiger partial charge in [-0.15, -0.1) is 0 Å². The number of aryl methyl sites for hydroxylation is 1. The Balaban J connectivity index is 1.60. The Kier molecular flexibility index (Phi) is 9.54. The summed E-state index contributed by atoms with van der Waals surface area (Å²) < 4.78 is 37.6. The lowest BCUT2D eigenvalue weighted by Gasteiger charge is -2.26. The quantitative estimate of drug-likeness (QED) is 0.202. The number of nitrogens with two attached hydrogens (primary N) is 2. The van der Waals surface area contributed by atoms with E-state index >= 15 is 0 Å². The van der Waals surface area contributed by atoms with Gasteiger partial charge in [-0.2, -0.15) is 0 Å². The van der Waals surface area contributed by atoms with Crippen molar-refractivity contribution in [2.24, 2.45) is 11.6 Å². The van der Waals surface area contributed by atoms with Crippen molar-refractivity contribution in [1.82, 2.24) is 4.98 Å². The highest BCUT2D eigenvalue weighted by Crippen LogP contribution is 2.39. The molecule has 2 aromatic carbocycles. The van der Waals surface area contributed by atoms with Crippen molar-refractivity contribution in [2.45, 2.75) is 33.1 Å². The maximum Gasteiger partial charge on any atom is 0.255 e. The van der Waals surface area contributed by atoms with Crippen LogP contribution in [0.4, 0.5) is 22.2 Å². The van der Waals surface area contributed by atoms with Crippen molar-refractivity contribution >= 4 is 55.2 Å². The van der Waals surface area contributed by atoms with Gasteiger partial charge in [0.2, 0.25) is 10.0 Å². The van der Waals surface area contributed by atoms with Crippen molar-refractivity contribution < 1.29 is 22.7 Å². The van der Waals surface area contributed by atoms with Gasteiger partial charge >= 0.3 is 0 Å². The molecule has 0 unspecified atom stereocenters. The number of aromatic nitrogens is 1. The standard InChI is InChI=1S/C29H39N7O5S2/c1-18-7-8-19(13-24(18)36(31)17-21(30)25-16-32-28(42-25)35-9-11-41-12-10-35)27(37)33-22-14-20(29(2,3)4)15-23(26(22)40-5)34-43(6,38)39/h7-8,13-17,34H,9-12,30-31H2,1-6H3,(H,33,37)/b21-17-. The normalized spacial score (nSPS) is 14.4. The van der Waals surface area contributed by atoms with Crippen molar-refractivity contribution in [3.8, 4) is 5.75 Å². The molecule has 2 heterocycles. The van der Waals surface area contributed by atoms with Gasteiger partial charge in [-0.1, -0.05) is 38.2 Å². The highest BCUT2D eigenvalue weighted by Gasteiger charge is 2.23. The molecule has 0 radical (unpaired) electrons. The third kappa shape index (κ3) is 7.96. The second kappa shape index (κ2) is 12.8. The average molecular weight is 630 g/mol. The topological polar surface area (TPSA) is 165 Å². The molecule has 0 saturated carbocycles. The number of hydrazine groups is 1. The van der Waals surface area contributed by atoms with E-state index in [-0.39, 0.29) is 16.9 Å². The van der Waals surface area contributed by atoms with Gasteiger partial charge < -0.3 is 25.4 Å². The van der Waals surface area contributed by atoms with Gasteiger partial charge in [-0.3, -0.25) is 14.5 Å². The molecular weight excluding hydrogens is 590 g/mol. The van der Waals surface area contributed by atoms with Gasteiger partial charge in [0.1, 0.15) is 0 Å². The predicted molar refractivity (Wildman–Crippen MR) is 173 cm³/mol. The summed E-state index contributed by atoms with van der Waals surface area (Å²) in [6.07, 6.45) is 4.37. The molecular formula is C29H39N7O5S2. The molecule has 43 heavy (non-hydrogen) atoms. The largest absolute Gasteiger partial charge is 0.492 e. The van der Waals surface area contributed by atoms with Crippen LogP contribution in [-0.2, 0) is 20.2 Å². The Labute approximate surface area is 256 Å². The first kappa shape index (κ1) is 32.1. The zero-order valence-corrected chi connectivity index (χ0v) is 26.9. The van der Waals surface area contributed by atoms with E-state index in [4.69, 9.17) is 21.1 Å².